The van der Waals surface area contributed by atoms with Crippen LogP contribution in [0.3, 0.4) is 0 Å². The Morgan fingerprint density at radius 2 is 2.08 bits per heavy atom. The largest absolute Gasteiger partial charge is 0.374 e. The molecule has 0 unspecified atom stereocenters. The maximum atomic E-state index is 12.4. The van der Waals surface area contributed by atoms with E-state index in [0.717, 1.165) is 12.3 Å². The highest BCUT2D eigenvalue weighted by molar-refractivity contribution is 6.39. The van der Waals surface area contributed by atoms with Crippen LogP contribution in [-0.4, -0.2) is 16.8 Å². The molecule has 1 rings (SSSR count). The zero-order valence-corrected chi connectivity index (χ0v) is 5.75. The van der Waals surface area contributed by atoms with E-state index in [1.54, 1.807) is 0 Å². The van der Waals surface area contributed by atoms with Crippen molar-refractivity contribution in [3.05, 3.63) is 29.8 Å². The van der Waals surface area contributed by atoms with E-state index in [1.165, 1.54) is 0 Å². The van der Waals surface area contributed by atoms with Gasteiger partial charge in [-0.3, -0.25) is 14.6 Å². The second-order valence-corrected chi connectivity index (χ2v) is 1.96. The van der Waals surface area contributed by atoms with Gasteiger partial charge in [-0.1, -0.05) is 0 Å². The fourth-order valence-electron chi connectivity index (χ4n) is 0.630. The van der Waals surface area contributed by atoms with Crippen LogP contribution in [0.1, 0.15) is 10.5 Å². The molecule has 1 aromatic rings. The van der Waals surface area contributed by atoms with Crippen LogP contribution in [0.25, 0.3) is 0 Å². The molecule has 0 aromatic carbocycles. The molecule has 0 N–H and O–H groups in total. The summed E-state index contributed by atoms with van der Waals surface area (Å²) >= 11 is 0. The molecule has 0 aliphatic rings. The number of pyridine rings is 1. The monoisotopic (exact) mass is 171 g/mol. The smallest absolute Gasteiger partial charge is 0.280 e. The van der Waals surface area contributed by atoms with Crippen LogP contribution in [-0.2, 0) is 4.79 Å². The Balaban J connectivity index is 3.04. The first-order chi connectivity index (χ1) is 5.61. The predicted molar refractivity (Wildman–Crippen MR) is 34.6 cm³/mol. The van der Waals surface area contributed by atoms with Crippen molar-refractivity contribution in [2.24, 2.45) is 0 Å². The van der Waals surface area contributed by atoms with Gasteiger partial charge in [0.15, 0.2) is 0 Å². The lowest BCUT2D eigenvalue weighted by atomic mass is 10.2. The zero-order valence-electron chi connectivity index (χ0n) is 5.75. The number of nitrogens with zero attached hydrogens (tertiary/aromatic N) is 1. The molecule has 62 valence electrons. The third kappa shape index (κ3) is 1.69. The molecule has 0 spiro atoms. The highest BCUT2D eigenvalue weighted by Gasteiger charge is 2.16. The minimum Gasteiger partial charge on any atom is -0.280 e. The Hall–Kier alpha value is -1.65. The summed E-state index contributed by atoms with van der Waals surface area (Å²) in [5.41, 5.74) is -0.525. The lowest BCUT2D eigenvalue weighted by molar-refractivity contribution is -0.124. The fourth-order valence-corrected chi connectivity index (χ4v) is 0.630. The Morgan fingerprint density at radius 3 is 2.58 bits per heavy atom. The number of carbonyl (C=O) groups excluding carboxylic acids is 2. The third-order valence-electron chi connectivity index (χ3n) is 1.13. The molecule has 0 bridgehead atoms. The molecular weight excluding hydrogens is 168 g/mol. The van der Waals surface area contributed by atoms with Gasteiger partial charge in [0.05, 0.1) is 0 Å². The van der Waals surface area contributed by atoms with Gasteiger partial charge < -0.3 is 0 Å². The molecule has 12 heavy (non-hydrogen) atoms. The molecule has 5 heteroatoms. The molecular formula is C7H3F2NO2. The Bertz CT molecular complexity index is 338. The average Bonchev–Trinajstić information content (AvgIpc) is 2.03. The van der Waals surface area contributed by atoms with Gasteiger partial charge in [0.2, 0.25) is 0 Å². The number of rotatable bonds is 2. The van der Waals surface area contributed by atoms with E-state index in [9.17, 15) is 18.4 Å². The summed E-state index contributed by atoms with van der Waals surface area (Å²) in [4.78, 5) is 23.7. The fraction of sp³-hybridized carbons (Fsp3) is 0. The highest BCUT2D eigenvalue weighted by Crippen LogP contribution is 2.01. The normalized spacial score (nSPS) is 9.50. The molecule has 3 nitrogen and oxygen atoms in total. The van der Waals surface area contributed by atoms with Gasteiger partial charge in [-0.25, -0.2) is 4.39 Å². The van der Waals surface area contributed by atoms with Crippen molar-refractivity contribution < 1.29 is 18.4 Å². The van der Waals surface area contributed by atoms with Crippen molar-refractivity contribution in [1.29, 1.82) is 0 Å². The summed E-state index contributed by atoms with van der Waals surface area (Å²) in [6.45, 7) is 0. The second kappa shape index (κ2) is 3.17. The SMILES string of the molecule is O=C(F)C(=O)c1cc(F)ccn1. The third-order valence-corrected chi connectivity index (χ3v) is 1.13. The Labute approximate surface area is 66.0 Å². The van der Waals surface area contributed by atoms with E-state index >= 15 is 0 Å². The second-order valence-electron chi connectivity index (χ2n) is 1.96. The molecule has 0 saturated carbocycles. The lowest BCUT2D eigenvalue weighted by Crippen LogP contribution is -2.10. The number of aromatic nitrogens is 1. The van der Waals surface area contributed by atoms with Crippen molar-refractivity contribution >= 4 is 11.8 Å². The molecule has 1 heterocycles. The number of hydrogen-bond acceptors (Lipinski definition) is 3. The first-order valence-electron chi connectivity index (χ1n) is 2.97. The Kier molecular flexibility index (Phi) is 2.23. The van der Waals surface area contributed by atoms with Crippen LogP contribution in [0.4, 0.5) is 8.78 Å². The zero-order chi connectivity index (χ0) is 9.14. The van der Waals surface area contributed by atoms with Crippen LogP contribution < -0.4 is 0 Å². The maximum absolute atomic E-state index is 12.4. The number of carbonyl (C=O) groups is 2. The quantitative estimate of drug-likeness (QED) is 0.377. The van der Waals surface area contributed by atoms with E-state index in [2.05, 4.69) is 4.98 Å². The van der Waals surface area contributed by atoms with Crippen LogP contribution in [0.2, 0.25) is 0 Å². The van der Waals surface area contributed by atoms with Gasteiger partial charge in [0.1, 0.15) is 11.5 Å². The predicted octanol–water partition coefficient (Wildman–Crippen LogP) is 0.899. The van der Waals surface area contributed by atoms with Gasteiger partial charge in [-0.15, -0.1) is 0 Å². The molecule has 0 fully saturated rings. The van der Waals surface area contributed by atoms with E-state index in [0.29, 0.717) is 6.07 Å². The number of hydrogen-bond donors (Lipinski definition) is 0. The van der Waals surface area contributed by atoms with Crippen molar-refractivity contribution in [1.82, 2.24) is 4.98 Å². The molecule has 0 radical (unpaired) electrons. The van der Waals surface area contributed by atoms with Crippen LogP contribution in [0.5, 0.6) is 0 Å². The van der Waals surface area contributed by atoms with Crippen molar-refractivity contribution in [2.75, 3.05) is 0 Å². The molecule has 0 aliphatic carbocycles. The van der Waals surface area contributed by atoms with E-state index < -0.39 is 23.3 Å². The van der Waals surface area contributed by atoms with Crippen LogP contribution >= 0.6 is 0 Å². The first kappa shape index (κ1) is 8.45. The molecule has 0 aliphatic heterocycles. The minimum atomic E-state index is -2.15. The standard InChI is InChI=1S/C7H3F2NO2/c8-4-1-2-10-5(3-4)6(11)7(9)12/h1-3H. The van der Waals surface area contributed by atoms with Crippen LogP contribution in [0, 0.1) is 5.82 Å². The maximum Gasteiger partial charge on any atom is 0.374 e. The number of halogens is 2. The summed E-state index contributed by atoms with van der Waals surface area (Å²) in [5, 5.41) is 0. The van der Waals surface area contributed by atoms with Gasteiger partial charge in [-0.05, 0) is 6.07 Å². The first-order valence-corrected chi connectivity index (χ1v) is 2.97. The van der Waals surface area contributed by atoms with Gasteiger partial charge in [0, 0.05) is 12.3 Å². The molecule has 0 amide bonds. The Morgan fingerprint density at radius 1 is 1.42 bits per heavy atom. The van der Waals surface area contributed by atoms with Gasteiger partial charge >= 0.3 is 6.04 Å². The summed E-state index contributed by atoms with van der Waals surface area (Å²) in [7, 11) is 0. The topological polar surface area (TPSA) is 47.0 Å². The summed E-state index contributed by atoms with van der Waals surface area (Å²) in [6, 6.07) is -0.465. The summed E-state index contributed by atoms with van der Waals surface area (Å²) in [5.74, 6) is -2.18. The average molecular weight is 171 g/mol. The van der Waals surface area contributed by atoms with E-state index in [-0.39, 0.29) is 0 Å². The number of ketones is 1. The molecule has 0 saturated heterocycles. The van der Waals surface area contributed by atoms with Gasteiger partial charge in [0.25, 0.3) is 5.78 Å². The van der Waals surface area contributed by atoms with Crippen LogP contribution in [0.15, 0.2) is 18.3 Å². The van der Waals surface area contributed by atoms with Crippen molar-refractivity contribution in [3.63, 3.8) is 0 Å². The summed E-state index contributed by atoms with van der Waals surface area (Å²) < 4.78 is 24.1. The minimum absolute atomic E-state index is 0.525. The number of Topliss-reactive ketones (excluding diaryl/α,β-unsaturated/α-hetero) is 1. The van der Waals surface area contributed by atoms with Crippen molar-refractivity contribution in [3.8, 4) is 0 Å². The van der Waals surface area contributed by atoms with Crippen molar-refractivity contribution in [2.45, 2.75) is 0 Å². The van der Waals surface area contributed by atoms with E-state index in [1.807, 2.05) is 0 Å². The highest BCUT2D eigenvalue weighted by atomic mass is 19.1. The van der Waals surface area contributed by atoms with Gasteiger partial charge in [-0.2, -0.15) is 4.39 Å². The summed E-state index contributed by atoms with van der Waals surface area (Å²) in [6.07, 6.45) is 0.978. The molecule has 1 aromatic heterocycles. The lowest BCUT2D eigenvalue weighted by Gasteiger charge is -1.92. The van der Waals surface area contributed by atoms with E-state index in [4.69, 9.17) is 0 Å². The molecule has 0 atom stereocenters.